The molecule has 1 atom stereocenters. The highest BCUT2D eigenvalue weighted by molar-refractivity contribution is 7.55. The summed E-state index contributed by atoms with van der Waals surface area (Å²) in [6.07, 6.45) is -4.61. The molecule has 1 unspecified atom stereocenters. The first-order valence-corrected chi connectivity index (χ1v) is 23.5. The largest absolute Gasteiger partial charge is 0.507 e. The molecular weight excluding hydrogens is 789 g/mol. The average Bonchev–Trinajstić information content (AvgIpc) is 3.57. The van der Waals surface area contributed by atoms with Crippen LogP contribution in [-0.4, -0.2) is 41.6 Å². The highest BCUT2D eigenvalue weighted by Gasteiger charge is 2.36. The quantitative estimate of drug-likeness (QED) is 0.103. The standard InChI is InChI=1S/C48H46F3O6PSi/c1-27-15-10-16-28(2)40(27)45-44-32(19-12-24-37(44)57-47(45)58-38-25-29(48(49,50)51)26-39(46(38)52)59(7,8)9)41-30(42-33(53-3)20-13-21-34(42)54-4)17-11-18-31(41)43-35(55-5)22-14-23-36(43)56-6/h10-26,52,58H,1-9H3. The molecule has 0 saturated carbocycles. The van der Waals surface area contributed by atoms with Crippen molar-refractivity contribution < 1.29 is 41.6 Å². The Morgan fingerprint density at radius 1 is 0.576 bits per heavy atom. The van der Waals surface area contributed by atoms with Crippen LogP contribution in [0.5, 0.6) is 28.7 Å². The summed E-state index contributed by atoms with van der Waals surface area (Å²) in [5.74, 6) is 2.23. The van der Waals surface area contributed by atoms with Crippen LogP contribution in [0.4, 0.5) is 13.2 Å². The zero-order valence-corrected chi connectivity index (χ0v) is 36.4. The predicted molar refractivity (Wildman–Crippen MR) is 237 cm³/mol. The fraction of sp³-hybridized carbons (Fsp3) is 0.208. The van der Waals surface area contributed by atoms with Gasteiger partial charge in [0, 0.05) is 16.3 Å². The molecule has 11 heteroatoms. The third-order valence-corrected chi connectivity index (χ3v) is 13.9. The van der Waals surface area contributed by atoms with E-state index in [9.17, 15) is 18.3 Å². The Morgan fingerprint density at radius 3 is 1.51 bits per heavy atom. The minimum absolute atomic E-state index is 0.122. The van der Waals surface area contributed by atoms with E-state index in [2.05, 4.69) is 0 Å². The molecular formula is C48H46F3O6PSi. The second-order valence-electron chi connectivity index (χ2n) is 15.3. The Balaban J connectivity index is 1.66. The Kier molecular flexibility index (Phi) is 11.4. The van der Waals surface area contributed by atoms with Gasteiger partial charge in [0.2, 0.25) is 0 Å². The number of ether oxygens (including phenoxy) is 4. The minimum Gasteiger partial charge on any atom is -0.507 e. The van der Waals surface area contributed by atoms with Gasteiger partial charge in [-0.15, -0.1) is 0 Å². The number of phenols is 1. The number of benzene rings is 6. The van der Waals surface area contributed by atoms with Crippen LogP contribution in [0.3, 0.4) is 0 Å². The van der Waals surface area contributed by atoms with E-state index < -0.39 is 28.4 Å². The van der Waals surface area contributed by atoms with Crippen LogP contribution in [-0.2, 0) is 6.18 Å². The number of hydrogen-bond donors (Lipinski definition) is 1. The van der Waals surface area contributed by atoms with E-state index in [4.69, 9.17) is 23.4 Å². The van der Waals surface area contributed by atoms with Crippen LogP contribution in [0.25, 0.3) is 55.5 Å². The van der Waals surface area contributed by atoms with Crippen LogP contribution in [0.15, 0.2) is 108 Å². The molecule has 1 aromatic heterocycles. The maximum atomic E-state index is 14.5. The van der Waals surface area contributed by atoms with E-state index in [1.54, 1.807) is 28.4 Å². The number of fused-ring (bicyclic) bond motifs is 1. The van der Waals surface area contributed by atoms with Gasteiger partial charge in [-0.1, -0.05) is 80.3 Å². The molecule has 0 amide bonds. The van der Waals surface area contributed by atoms with Crippen LogP contribution in [0.1, 0.15) is 16.7 Å². The summed E-state index contributed by atoms with van der Waals surface area (Å²) in [4.78, 5) is 0. The predicted octanol–water partition coefficient (Wildman–Crippen LogP) is 11.7. The van der Waals surface area contributed by atoms with Gasteiger partial charge >= 0.3 is 6.18 Å². The second-order valence-corrected chi connectivity index (χ2v) is 21.6. The Bertz CT molecular complexity index is 2580. The first-order chi connectivity index (χ1) is 28.1. The summed E-state index contributed by atoms with van der Waals surface area (Å²) in [5, 5.41) is 13.0. The lowest BCUT2D eigenvalue weighted by molar-refractivity contribution is -0.137. The molecule has 0 saturated heterocycles. The fourth-order valence-corrected chi connectivity index (χ4v) is 10.8. The zero-order chi connectivity index (χ0) is 42.4. The summed E-state index contributed by atoms with van der Waals surface area (Å²) in [5.41, 5.74) is 8.27. The molecule has 0 aliphatic heterocycles. The molecule has 1 heterocycles. The molecule has 6 nitrogen and oxygen atoms in total. The average molecular weight is 835 g/mol. The van der Waals surface area contributed by atoms with Gasteiger partial charge in [0.15, 0.2) is 0 Å². The van der Waals surface area contributed by atoms with Crippen molar-refractivity contribution in [1.29, 1.82) is 0 Å². The van der Waals surface area contributed by atoms with Crippen molar-refractivity contribution in [3.8, 4) is 73.3 Å². The summed E-state index contributed by atoms with van der Waals surface area (Å²) in [6.45, 7) is 9.80. The van der Waals surface area contributed by atoms with Crippen LogP contribution >= 0.6 is 8.58 Å². The molecule has 0 spiro atoms. The van der Waals surface area contributed by atoms with Gasteiger partial charge in [-0.25, -0.2) is 0 Å². The molecule has 0 aliphatic rings. The highest BCUT2D eigenvalue weighted by Crippen LogP contribution is 2.53. The van der Waals surface area contributed by atoms with Crippen molar-refractivity contribution in [2.24, 2.45) is 0 Å². The van der Waals surface area contributed by atoms with Crippen molar-refractivity contribution in [3.63, 3.8) is 0 Å². The fourth-order valence-electron chi connectivity index (χ4n) is 7.97. The SMILES string of the molecule is COc1cccc(OC)c1-c1cccc(-c2c(OC)cccc2OC)c1-c1cccc2oc(Pc3cc(C(F)(F)F)cc([Si](C)(C)C)c3O)c(-c3c(C)cccc3C)c12. The Morgan fingerprint density at radius 2 is 1.03 bits per heavy atom. The van der Waals surface area contributed by atoms with Gasteiger partial charge in [-0.2, -0.15) is 13.2 Å². The molecule has 6 aromatic carbocycles. The lowest BCUT2D eigenvalue weighted by Gasteiger charge is -2.23. The lowest BCUT2D eigenvalue weighted by atomic mass is 9.83. The van der Waals surface area contributed by atoms with E-state index in [0.717, 1.165) is 62.0 Å². The van der Waals surface area contributed by atoms with E-state index in [0.29, 0.717) is 50.4 Å². The van der Waals surface area contributed by atoms with Gasteiger partial charge in [-0.05, 0) is 109 Å². The number of aromatic hydroxyl groups is 1. The number of phenolic OH excluding ortho intramolecular Hbond substituents is 1. The highest BCUT2D eigenvalue weighted by atomic mass is 31.1. The topological polar surface area (TPSA) is 70.3 Å². The molecule has 304 valence electrons. The Labute approximate surface area is 345 Å². The van der Waals surface area contributed by atoms with Gasteiger partial charge < -0.3 is 28.5 Å². The first kappa shape index (κ1) is 41.5. The third-order valence-electron chi connectivity index (χ3n) is 10.7. The van der Waals surface area contributed by atoms with Crippen LogP contribution < -0.4 is 34.9 Å². The molecule has 7 aromatic rings. The van der Waals surface area contributed by atoms with Crippen molar-refractivity contribution in [1.82, 2.24) is 0 Å². The smallest absolute Gasteiger partial charge is 0.416 e. The molecule has 0 aliphatic carbocycles. The van der Waals surface area contributed by atoms with Crippen molar-refractivity contribution >= 4 is 43.6 Å². The molecule has 0 radical (unpaired) electrons. The third kappa shape index (κ3) is 7.56. The Hall–Kier alpha value is -5.70. The first-order valence-electron chi connectivity index (χ1n) is 19.0. The lowest BCUT2D eigenvalue weighted by Crippen LogP contribution is -2.40. The number of aryl methyl sites for hydroxylation is 2. The summed E-state index contributed by atoms with van der Waals surface area (Å²) < 4.78 is 74.3. The molecule has 0 bridgehead atoms. The van der Waals surface area contributed by atoms with E-state index in [1.165, 1.54) is 0 Å². The molecule has 0 fully saturated rings. The van der Waals surface area contributed by atoms with Crippen LogP contribution in [0, 0.1) is 13.8 Å². The van der Waals surface area contributed by atoms with E-state index in [-0.39, 0.29) is 11.1 Å². The number of alkyl halides is 3. The summed E-state index contributed by atoms with van der Waals surface area (Å²) in [6, 6.07) is 31.3. The number of rotatable bonds is 11. The van der Waals surface area contributed by atoms with Gasteiger partial charge in [0.05, 0.1) is 53.2 Å². The van der Waals surface area contributed by atoms with Gasteiger partial charge in [0.1, 0.15) is 39.8 Å². The second kappa shape index (κ2) is 16.2. The number of methoxy groups -OCH3 is 4. The van der Waals surface area contributed by atoms with E-state index >= 15 is 0 Å². The maximum absolute atomic E-state index is 14.5. The van der Waals surface area contributed by atoms with Gasteiger partial charge in [0.25, 0.3) is 0 Å². The monoisotopic (exact) mass is 834 g/mol. The van der Waals surface area contributed by atoms with Crippen molar-refractivity contribution in [2.45, 2.75) is 39.7 Å². The molecule has 7 rings (SSSR count). The zero-order valence-electron chi connectivity index (χ0n) is 34.4. The minimum atomic E-state index is -4.61. The normalized spacial score (nSPS) is 12.1. The molecule has 1 N–H and O–H groups in total. The van der Waals surface area contributed by atoms with E-state index in [1.807, 2.05) is 124 Å². The van der Waals surface area contributed by atoms with Crippen molar-refractivity contribution in [3.05, 3.63) is 120 Å². The van der Waals surface area contributed by atoms with Crippen LogP contribution in [0.2, 0.25) is 19.6 Å². The summed E-state index contributed by atoms with van der Waals surface area (Å²) in [7, 11) is 3.56. The molecule has 59 heavy (non-hydrogen) atoms. The number of halogens is 3. The maximum Gasteiger partial charge on any atom is 0.416 e. The van der Waals surface area contributed by atoms with Crippen molar-refractivity contribution in [2.75, 3.05) is 28.4 Å². The van der Waals surface area contributed by atoms with Gasteiger partial charge in [-0.3, -0.25) is 0 Å². The summed E-state index contributed by atoms with van der Waals surface area (Å²) >= 11 is 0. The number of hydrogen-bond acceptors (Lipinski definition) is 6. The number of furan rings is 1.